The number of halogens is 1. The first-order valence-corrected chi connectivity index (χ1v) is 12.4. The smallest absolute Gasteiger partial charge is 0.338 e. The molecule has 0 fully saturated rings. The van der Waals surface area contributed by atoms with Gasteiger partial charge >= 0.3 is 5.97 Å². The lowest BCUT2D eigenvalue weighted by atomic mass is 9.96. The summed E-state index contributed by atoms with van der Waals surface area (Å²) >= 11 is 4.81. The summed E-state index contributed by atoms with van der Waals surface area (Å²) in [5, 5.41) is 0. The predicted octanol–water partition coefficient (Wildman–Crippen LogP) is 3.30. The van der Waals surface area contributed by atoms with Gasteiger partial charge < -0.3 is 18.9 Å². The minimum absolute atomic E-state index is 0.158. The lowest BCUT2D eigenvalue weighted by molar-refractivity contribution is -0.139. The van der Waals surface area contributed by atoms with Crippen molar-refractivity contribution in [1.29, 1.82) is 0 Å². The average molecular weight is 557 g/mol. The van der Waals surface area contributed by atoms with Crippen molar-refractivity contribution in [3.63, 3.8) is 0 Å². The van der Waals surface area contributed by atoms with Crippen molar-refractivity contribution in [2.45, 2.75) is 19.9 Å². The topological polar surface area (TPSA) is 88.4 Å². The molecule has 0 bridgehead atoms. The van der Waals surface area contributed by atoms with Gasteiger partial charge in [0.05, 0.1) is 35.6 Å². The van der Waals surface area contributed by atoms with Crippen LogP contribution in [0.4, 0.5) is 0 Å². The van der Waals surface area contributed by atoms with Crippen molar-refractivity contribution in [3.8, 4) is 17.2 Å². The van der Waals surface area contributed by atoms with Crippen LogP contribution in [0.2, 0.25) is 0 Å². The van der Waals surface area contributed by atoms with Crippen molar-refractivity contribution in [1.82, 2.24) is 4.57 Å². The molecular formula is C25H21BrN2O6S. The second-order valence-corrected chi connectivity index (χ2v) is 9.67. The van der Waals surface area contributed by atoms with Crippen LogP contribution in [0.25, 0.3) is 6.08 Å². The zero-order valence-electron chi connectivity index (χ0n) is 19.2. The quantitative estimate of drug-likeness (QED) is 0.448. The summed E-state index contributed by atoms with van der Waals surface area (Å²) in [6, 6.07) is 10.2. The number of thiazole rings is 1. The monoisotopic (exact) mass is 556 g/mol. The minimum atomic E-state index is -0.682. The fourth-order valence-electron chi connectivity index (χ4n) is 4.08. The van der Waals surface area contributed by atoms with Gasteiger partial charge in [-0.05, 0) is 55.3 Å². The number of esters is 1. The van der Waals surface area contributed by atoms with Crippen LogP contribution in [0, 0.1) is 0 Å². The van der Waals surface area contributed by atoms with E-state index in [1.807, 2.05) is 24.3 Å². The highest BCUT2D eigenvalue weighted by atomic mass is 79.9. The van der Waals surface area contributed by atoms with Crippen molar-refractivity contribution in [2.75, 3.05) is 20.5 Å². The second-order valence-electron chi connectivity index (χ2n) is 7.80. The summed E-state index contributed by atoms with van der Waals surface area (Å²) in [6.45, 7) is 3.88. The number of carbonyl (C=O) groups excluding carboxylic acids is 1. The molecule has 1 unspecified atom stereocenters. The van der Waals surface area contributed by atoms with E-state index < -0.39 is 12.0 Å². The number of hydrogen-bond acceptors (Lipinski definition) is 8. The molecule has 8 nitrogen and oxygen atoms in total. The van der Waals surface area contributed by atoms with Crippen LogP contribution >= 0.6 is 27.3 Å². The van der Waals surface area contributed by atoms with Gasteiger partial charge in [0, 0.05) is 4.47 Å². The predicted molar refractivity (Wildman–Crippen MR) is 134 cm³/mol. The molecule has 3 heterocycles. The van der Waals surface area contributed by atoms with Gasteiger partial charge in [0.1, 0.15) is 5.75 Å². The molecule has 2 aromatic carbocycles. The molecule has 5 rings (SSSR count). The number of allylic oxidation sites excluding steroid dienone is 1. The number of benzene rings is 2. The van der Waals surface area contributed by atoms with Crippen LogP contribution in [0.15, 0.2) is 61.9 Å². The average Bonchev–Trinajstić information content (AvgIpc) is 3.42. The Morgan fingerprint density at radius 1 is 1.26 bits per heavy atom. The van der Waals surface area contributed by atoms with E-state index in [2.05, 4.69) is 20.9 Å². The molecule has 0 saturated heterocycles. The molecule has 2 aliphatic rings. The Morgan fingerprint density at radius 2 is 1.97 bits per heavy atom. The maximum atomic E-state index is 13.7. The van der Waals surface area contributed by atoms with Crippen LogP contribution < -0.4 is 29.1 Å². The van der Waals surface area contributed by atoms with Gasteiger partial charge in [-0.15, -0.1) is 0 Å². The second kappa shape index (κ2) is 9.35. The van der Waals surface area contributed by atoms with Crippen LogP contribution in [-0.2, 0) is 9.53 Å². The Labute approximate surface area is 212 Å². The Kier molecular flexibility index (Phi) is 6.24. The van der Waals surface area contributed by atoms with Gasteiger partial charge in [0.2, 0.25) is 6.79 Å². The first kappa shape index (κ1) is 23.4. The molecule has 0 radical (unpaired) electrons. The van der Waals surface area contributed by atoms with Gasteiger partial charge in [-0.1, -0.05) is 39.4 Å². The van der Waals surface area contributed by atoms with Gasteiger partial charge in [-0.25, -0.2) is 9.79 Å². The zero-order chi connectivity index (χ0) is 24.7. The Bertz CT molecular complexity index is 1540. The zero-order valence-corrected chi connectivity index (χ0v) is 21.6. The molecule has 0 N–H and O–H groups in total. The highest BCUT2D eigenvalue weighted by Gasteiger charge is 2.33. The number of hydrogen-bond donors (Lipinski definition) is 0. The van der Waals surface area contributed by atoms with Crippen LogP contribution in [0.1, 0.15) is 31.0 Å². The maximum absolute atomic E-state index is 13.7. The van der Waals surface area contributed by atoms with E-state index in [1.165, 1.54) is 11.3 Å². The molecular weight excluding hydrogens is 536 g/mol. The normalized spacial score (nSPS) is 16.7. The summed E-state index contributed by atoms with van der Waals surface area (Å²) in [5.74, 6) is 1.43. The number of ether oxygens (including phenoxy) is 4. The molecule has 0 aliphatic carbocycles. The van der Waals surface area contributed by atoms with Gasteiger partial charge in [-0.2, -0.15) is 0 Å². The highest BCUT2D eigenvalue weighted by Crippen LogP contribution is 2.37. The third kappa shape index (κ3) is 4.17. The van der Waals surface area contributed by atoms with Gasteiger partial charge in [0.15, 0.2) is 16.3 Å². The Hall–Kier alpha value is -3.37. The minimum Gasteiger partial charge on any atom is -0.497 e. The first-order valence-electron chi connectivity index (χ1n) is 10.8. The number of aromatic nitrogens is 1. The van der Waals surface area contributed by atoms with Crippen molar-refractivity contribution in [2.24, 2.45) is 4.99 Å². The fraction of sp³-hybridized carbons (Fsp3) is 0.240. The van der Waals surface area contributed by atoms with Gasteiger partial charge in [-0.3, -0.25) is 9.36 Å². The van der Waals surface area contributed by atoms with E-state index in [4.69, 9.17) is 18.9 Å². The lowest BCUT2D eigenvalue weighted by Crippen LogP contribution is -2.39. The number of carbonyl (C=O) groups is 1. The molecule has 1 atom stereocenters. The summed E-state index contributed by atoms with van der Waals surface area (Å²) in [5.41, 5.74) is 2.11. The fourth-order valence-corrected chi connectivity index (χ4v) is 5.55. The summed E-state index contributed by atoms with van der Waals surface area (Å²) in [4.78, 5) is 31.8. The molecule has 1 aromatic heterocycles. The van der Waals surface area contributed by atoms with Gasteiger partial charge in [0.25, 0.3) is 5.56 Å². The number of fused-ring (bicyclic) bond motifs is 2. The molecule has 35 heavy (non-hydrogen) atoms. The first-order chi connectivity index (χ1) is 16.9. The Morgan fingerprint density at radius 3 is 2.66 bits per heavy atom. The third-order valence-corrected chi connectivity index (χ3v) is 7.40. The van der Waals surface area contributed by atoms with Crippen LogP contribution in [0.3, 0.4) is 0 Å². The molecule has 0 amide bonds. The molecule has 0 saturated carbocycles. The van der Waals surface area contributed by atoms with E-state index in [9.17, 15) is 9.59 Å². The molecule has 180 valence electrons. The summed E-state index contributed by atoms with van der Waals surface area (Å²) < 4.78 is 24.3. The molecule has 2 aliphatic heterocycles. The summed E-state index contributed by atoms with van der Waals surface area (Å²) in [7, 11) is 1.58. The van der Waals surface area contributed by atoms with E-state index in [0.717, 1.165) is 15.6 Å². The van der Waals surface area contributed by atoms with E-state index >= 15 is 0 Å². The standard InChI is InChI=1S/C25H21BrN2O6S/c1-4-32-24(30)21-13(2)27-25-28(22(21)14-5-7-16(31-3)8-6-14)23(29)20(35-25)10-15-9-18-19(11-17(15)26)34-12-33-18/h5-11,22H,4,12H2,1-3H3/b20-10-. The Balaban J connectivity index is 1.70. The van der Waals surface area contributed by atoms with E-state index in [-0.39, 0.29) is 19.0 Å². The largest absolute Gasteiger partial charge is 0.497 e. The third-order valence-electron chi connectivity index (χ3n) is 5.73. The molecule has 0 spiro atoms. The maximum Gasteiger partial charge on any atom is 0.338 e. The van der Waals surface area contributed by atoms with Crippen LogP contribution in [0.5, 0.6) is 17.2 Å². The van der Waals surface area contributed by atoms with Crippen molar-refractivity contribution >= 4 is 39.3 Å². The molecule has 10 heteroatoms. The van der Waals surface area contributed by atoms with Crippen molar-refractivity contribution < 1.29 is 23.7 Å². The number of methoxy groups -OCH3 is 1. The van der Waals surface area contributed by atoms with Crippen molar-refractivity contribution in [3.05, 3.63) is 83.0 Å². The molecule has 3 aromatic rings. The van der Waals surface area contributed by atoms with E-state index in [1.54, 1.807) is 43.7 Å². The number of rotatable bonds is 5. The van der Waals surface area contributed by atoms with E-state index in [0.29, 0.717) is 37.9 Å². The lowest BCUT2D eigenvalue weighted by Gasteiger charge is -2.24. The van der Waals surface area contributed by atoms with Crippen LogP contribution in [-0.4, -0.2) is 31.0 Å². The number of nitrogens with zero attached hydrogens (tertiary/aromatic N) is 2. The summed E-state index contributed by atoms with van der Waals surface area (Å²) in [6.07, 6.45) is 1.78. The SMILES string of the molecule is CCOC(=O)C1=C(C)N=c2s/c(=C\c3cc4c(cc3Br)OCO4)c(=O)n2C1c1ccc(OC)cc1. The highest BCUT2D eigenvalue weighted by molar-refractivity contribution is 9.10.